The van der Waals surface area contributed by atoms with Gasteiger partial charge < -0.3 is 9.67 Å². The molecule has 1 N–H and O–H groups in total. The van der Waals surface area contributed by atoms with Crippen molar-refractivity contribution >= 4 is 11.0 Å². The van der Waals surface area contributed by atoms with Crippen LogP contribution in [0.3, 0.4) is 0 Å². The molecule has 114 valence electrons. The van der Waals surface area contributed by atoms with E-state index in [0.29, 0.717) is 0 Å². The Kier molecular flexibility index (Phi) is 3.75. The number of aromatic nitrogens is 2. The van der Waals surface area contributed by atoms with E-state index < -0.39 is 0 Å². The lowest BCUT2D eigenvalue weighted by Gasteiger charge is -2.12. The molecule has 0 aliphatic rings. The number of imidazole rings is 1. The van der Waals surface area contributed by atoms with E-state index in [1.54, 1.807) is 0 Å². The van der Waals surface area contributed by atoms with E-state index in [2.05, 4.69) is 67.6 Å². The molecule has 0 atom stereocenters. The smallest absolute Gasteiger partial charge is 0.136 e. The molecule has 3 heteroatoms. The van der Waals surface area contributed by atoms with E-state index in [0.717, 1.165) is 23.4 Å². The van der Waals surface area contributed by atoms with Crippen molar-refractivity contribution in [2.24, 2.45) is 0 Å². The maximum Gasteiger partial charge on any atom is 0.136 e. The first-order valence-corrected chi connectivity index (χ1v) is 7.63. The number of aryl methyl sites for hydroxylation is 4. The Bertz CT molecular complexity index is 846. The van der Waals surface area contributed by atoms with Crippen LogP contribution >= 0.6 is 0 Å². The minimum Gasteiger partial charge on any atom is -0.388 e. The van der Waals surface area contributed by atoms with Gasteiger partial charge in [-0.05, 0) is 62.1 Å². The first kappa shape index (κ1) is 14.8. The Morgan fingerprint density at radius 3 is 2.41 bits per heavy atom. The summed E-state index contributed by atoms with van der Waals surface area (Å²) in [7, 11) is 0. The van der Waals surface area contributed by atoms with E-state index in [1.165, 1.54) is 27.8 Å². The fourth-order valence-electron chi connectivity index (χ4n) is 2.87. The number of hydrogen-bond acceptors (Lipinski definition) is 2. The molecule has 3 nitrogen and oxygen atoms in total. The maximum atomic E-state index is 9.68. The van der Waals surface area contributed by atoms with Crippen LogP contribution in [0.25, 0.3) is 11.0 Å². The molecule has 1 aromatic heterocycles. The zero-order valence-electron chi connectivity index (χ0n) is 13.6. The first-order chi connectivity index (χ1) is 10.5. The molecule has 0 saturated carbocycles. The number of rotatable bonds is 3. The van der Waals surface area contributed by atoms with Crippen molar-refractivity contribution in [3.8, 4) is 0 Å². The fourth-order valence-corrected chi connectivity index (χ4v) is 2.87. The first-order valence-electron chi connectivity index (χ1n) is 7.63. The van der Waals surface area contributed by atoms with Crippen LogP contribution in [0.5, 0.6) is 0 Å². The summed E-state index contributed by atoms with van der Waals surface area (Å²) in [4.78, 5) is 4.59. The number of aliphatic hydroxyl groups excluding tert-OH is 1. The van der Waals surface area contributed by atoms with Crippen LogP contribution < -0.4 is 0 Å². The average Bonchev–Trinajstić information content (AvgIpc) is 2.81. The van der Waals surface area contributed by atoms with Gasteiger partial charge in [-0.1, -0.05) is 23.8 Å². The highest BCUT2D eigenvalue weighted by molar-refractivity contribution is 5.78. The van der Waals surface area contributed by atoms with E-state index in [-0.39, 0.29) is 6.61 Å². The van der Waals surface area contributed by atoms with Gasteiger partial charge >= 0.3 is 0 Å². The fraction of sp³-hybridized carbons (Fsp3) is 0.316. The van der Waals surface area contributed by atoms with Gasteiger partial charge in [0.15, 0.2) is 0 Å². The lowest BCUT2D eigenvalue weighted by Crippen LogP contribution is -2.06. The molecule has 0 unspecified atom stereocenters. The highest BCUT2D eigenvalue weighted by Crippen LogP contribution is 2.23. The summed E-state index contributed by atoms with van der Waals surface area (Å²) in [6.07, 6.45) is 0. The summed E-state index contributed by atoms with van der Waals surface area (Å²) in [5.74, 6) is 0.723. The summed E-state index contributed by atoms with van der Waals surface area (Å²) in [6, 6.07) is 10.8. The lowest BCUT2D eigenvalue weighted by atomic mass is 10.1. The van der Waals surface area contributed by atoms with E-state index in [1.807, 2.05) is 0 Å². The third-order valence-corrected chi connectivity index (χ3v) is 4.42. The molecule has 0 fully saturated rings. The van der Waals surface area contributed by atoms with Crippen LogP contribution in [-0.4, -0.2) is 14.7 Å². The Balaban J connectivity index is 2.16. The molecule has 0 radical (unpaired) electrons. The van der Waals surface area contributed by atoms with Gasteiger partial charge in [0.05, 0.1) is 11.0 Å². The SMILES string of the molecule is Cc1ccc(C)c(Cn2c(CO)nc3cc(C)c(C)cc32)c1. The molecule has 0 saturated heterocycles. The summed E-state index contributed by atoms with van der Waals surface area (Å²) >= 11 is 0. The van der Waals surface area contributed by atoms with E-state index in [9.17, 15) is 5.11 Å². The second-order valence-electron chi connectivity index (χ2n) is 6.13. The summed E-state index contributed by atoms with van der Waals surface area (Å²) in [5.41, 5.74) is 8.31. The van der Waals surface area contributed by atoms with E-state index >= 15 is 0 Å². The normalized spacial score (nSPS) is 11.3. The second-order valence-corrected chi connectivity index (χ2v) is 6.13. The number of fused-ring (bicyclic) bond motifs is 1. The molecule has 0 amide bonds. The van der Waals surface area contributed by atoms with Gasteiger partial charge in [-0.3, -0.25) is 0 Å². The molecule has 3 aromatic rings. The Morgan fingerprint density at radius 2 is 1.68 bits per heavy atom. The van der Waals surface area contributed by atoms with Crippen LogP contribution in [-0.2, 0) is 13.2 Å². The zero-order valence-corrected chi connectivity index (χ0v) is 13.6. The standard InChI is InChI=1S/C19H22N2O/c1-12-5-6-13(2)16(7-12)10-21-18-9-15(4)14(3)8-17(18)20-19(21)11-22/h5-9,22H,10-11H2,1-4H3. The van der Waals surface area contributed by atoms with Gasteiger partial charge in [-0.2, -0.15) is 0 Å². The molecule has 2 aromatic carbocycles. The maximum absolute atomic E-state index is 9.68. The predicted octanol–water partition coefficient (Wildman–Crippen LogP) is 3.81. The largest absolute Gasteiger partial charge is 0.388 e. The minimum absolute atomic E-state index is 0.0440. The van der Waals surface area contributed by atoms with Crippen molar-refractivity contribution in [2.45, 2.75) is 40.8 Å². The third kappa shape index (κ3) is 2.53. The lowest BCUT2D eigenvalue weighted by molar-refractivity contribution is 0.267. The highest BCUT2D eigenvalue weighted by Gasteiger charge is 2.12. The van der Waals surface area contributed by atoms with Gasteiger partial charge in [0.1, 0.15) is 12.4 Å². The van der Waals surface area contributed by atoms with Gasteiger partial charge in [0, 0.05) is 6.54 Å². The van der Waals surface area contributed by atoms with Crippen molar-refractivity contribution in [2.75, 3.05) is 0 Å². The van der Waals surface area contributed by atoms with Crippen molar-refractivity contribution < 1.29 is 5.11 Å². The topological polar surface area (TPSA) is 38.0 Å². The average molecular weight is 294 g/mol. The summed E-state index contributed by atoms with van der Waals surface area (Å²) in [5, 5.41) is 9.68. The van der Waals surface area contributed by atoms with Gasteiger partial charge in [-0.25, -0.2) is 4.98 Å². The summed E-state index contributed by atoms with van der Waals surface area (Å²) in [6.45, 7) is 9.14. The number of aliphatic hydroxyl groups is 1. The number of benzene rings is 2. The highest BCUT2D eigenvalue weighted by atomic mass is 16.3. The number of nitrogens with zero attached hydrogens (tertiary/aromatic N) is 2. The molecule has 0 aliphatic carbocycles. The van der Waals surface area contributed by atoms with Crippen molar-refractivity contribution in [3.63, 3.8) is 0 Å². The van der Waals surface area contributed by atoms with Crippen LogP contribution in [0.15, 0.2) is 30.3 Å². The van der Waals surface area contributed by atoms with Crippen LogP contribution in [0.1, 0.15) is 33.6 Å². The van der Waals surface area contributed by atoms with Crippen molar-refractivity contribution in [3.05, 3.63) is 64.0 Å². The quantitative estimate of drug-likeness (QED) is 0.797. The zero-order chi connectivity index (χ0) is 15.9. The van der Waals surface area contributed by atoms with E-state index in [4.69, 9.17) is 0 Å². The minimum atomic E-state index is -0.0440. The molecule has 22 heavy (non-hydrogen) atoms. The Hall–Kier alpha value is -2.13. The van der Waals surface area contributed by atoms with Crippen LogP contribution in [0.4, 0.5) is 0 Å². The van der Waals surface area contributed by atoms with Crippen LogP contribution in [0.2, 0.25) is 0 Å². The monoisotopic (exact) mass is 294 g/mol. The molecule has 0 spiro atoms. The van der Waals surface area contributed by atoms with Gasteiger partial charge in [0.25, 0.3) is 0 Å². The van der Waals surface area contributed by atoms with Crippen LogP contribution in [0, 0.1) is 27.7 Å². The van der Waals surface area contributed by atoms with Gasteiger partial charge in [0.2, 0.25) is 0 Å². The third-order valence-electron chi connectivity index (χ3n) is 4.42. The molecular weight excluding hydrogens is 272 g/mol. The molecular formula is C19H22N2O. The Morgan fingerprint density at radius 1 is 0.955 bits per heavy atom. The van der Waals surface area contributed by atoms with Gasteiger partial charge in [-0.15, -0.1) is 0 Å². The Labute approximate surface area is 131 Å². The molecule has 0 bridgehead atoms. The molecule has 1 heterocycles. The summed E-state index contributed by atoms with van der Waals surface area (Å²) < 4.78 is 2.13. The predicted molar refractivity (Wildman–Crippen MR) is 90.1 cm³/mol. The second kappa shape index (κ2) is 5.58. The molecule has 3 rings (SSSR count). The number of hydrogen-bond donors (Lipinski definition) is 1. The van der Waals surface area contributed by atoms with Crippen molar-refractivity contribution in [1.29, 1.82) is 0 Å². The molecule has 0 aliphatic heterocycles. The van der Waals surface area contributed by atoms with Crippen molar-refractivity contribution in [1.82, 2.24) is 9.55 Å².